The van der Waals surface area contributed by atoms with Crippen molar-refractivity contribution < 1.29 is 9.18 Å². The maximum Gasteiger partial charge on any atom is 0.225 e. The molecule has 1 aliphatic carbocycles. The SMILES string of the molecule is O=C(C1CC1)N1CCC(c2[nH]nc(-c3ccc(F)cc3)c2-c2ccncc2)CC1. The van der Waals surface area contributed by atoms with Crippen LogP contribution >= 0.6 is 0 Å². The third kappa shape index (κ3) is 3.55. The molecule has 148 valence electrons. The van der Waals surface area contributed by atoms with E-state index in [0.29, 0.717) is 11.8 Å². The molecule has 29 heavy (non-hydrogen) atoms. The van der Waals surface area contributed by atoms with Crippen molar-refractivity contribution in [1.29, 1.82) is 0 Å². The molecule has 5 rings (SSSR count). The van der Waals surface area contributed by atoms with E-state index in [1.807, 2.05) is 17.0 Å². The van der Waals surface area contributed by atoms with Gasteiger partial charge in [-0.15, -0.1) is 0 Å². The summed E-state index contributed by atoms with van der Waals surface area (Å²) < 4.78 is 13.4. The fourth-order valence-electron chi connectivity index (χ4n) is 4.26. The summed E-state index contributed by atoms with van der Waals surface area (Å²) in [6.07, 6.45) is 7.48. The molecule has 0 unspecified atom stereocenters. The summed E-state index contributed by atoms with van der Waals surface area (Å²) >= 11 is 0. The number of pyridine rings is 1. The van der Waals surface area contributed by atoms with Gasteiger partial charge in [-0.1, -0.05) is 0 Å². The Morgan fingerprint density at radius 2 is 1.66 bits per heavy atom. The number of aromatic nitrogens is 3. The lowest BCUT2D eigenvalue weighted by atomic mass is 9.87. The van der Waals surface area contributed by atoms with Gasteiger partial charge in [0.15, 0.2) is 0 Å². The van der Waals surface area contributed by atoms with Crippen LogP contribution in [0.15, 0.2) is 48.8 Å². The molecule has 1 saturated carbocycles. The normalized spacial score (nSPS) is 17.5. The van der Waals surface area contributed by atoms with Crippen LogP contribution in [-0.2, 0) is 4.79 Å². The number of likely N-dealkylation sites (tertiary alicyclic amines) is 1. The maximum absolute atomic E-state index is 13.4. The van der Waals surface area contributed by atoms with Gasteiger partial charge in [0.2, 0.25) is 5.91 Å². The number of rotatable bonds is 4. The first-order chi connectivity index (χ1) is 14.2. The van der Waals surface area contributed by atoms with Gasteiger partial charge in [-0.2, -0.15) is 5.10 Å². The third-order valence-corrected chi connectivity index (χ3v) is 6.02. The summed E-state index contributed by atoms with van der Waals surface area (Å²) in [4.78, 5) is 18.5. The van der Waals surface area contributed by atoms with E-state index in [2.05, 4.69) is 15.2 Å². The Morgan fingerprint density at radius 3 is 2.31 bits per heavy atom. The number of nitrogens with one attached hydrogen (secondary N) is 1. The van der Waals surface area contributed by atoms with E-state index in [1.54, 1.807) is 24.5 Å². The first-order valence-corrected chi connectivity index (χ1v) is 10.2. The molecule has 0 radical (unpaired) electrons. The summed E-state index contributed by atoms with van der Waals surface area (Å²) in [5, 5.41) is 7.88. The predicted octanol–water partition coefficient (Wildman–Crippen LogP) is 4.39. The topological polar surface area (TPSA) is 61.9 Å². The van der Waals surface area contributed by atoms with E-state index in [4.69, 9.17) is 0 Å². The molecule has 0 spiro atoms. The first-order valence-electron chi connectivity index (χ1n) is 10.2. The molecule has 0 atom stereocenters. The fourth-order valence-corrected chi connectivity index (χ4v) is 4.26. The number of nitrogens with zero attached hydrogens (tertiary/aromatic N) is 3. The van der Waals surface area contributed by atoms with Crippen LogP contribution in [-0.4, -0.2) is 39.1 Å². The van der Waals surface area contributed by atoms with Crippen LogP contribution in [0.4, 0.5) is 4.39 Å². The van der Waals surface area contributed by atoms with Crippen LogP contribution < -0.4 is 0 Å². The van der Waals surface area contributed by atoms with E-state index in [0.717, 1.165) is 66.9 Å². The van der Waals surface area contributed by atoms with Gasteiger partial charge in [-0.05, 0) is 67.6 Å². The zero-order valence-corrected chi connectivity index (χ0v) is 16.1. The van der Waals surface area contributed by atoms with Crippen molar-refractivity contribution >= 4 is 5.91 Å². The van der Waals surface area contributed by atoms with Crippen LogP contribution in [0.1, 0.15) is 37.3 Å². The average molecular weight is 390 g/mol. The summed E-state index contributed by atoms with van der Waals surface area (Å²) in [7, 11) is 0. The van der Waals surface area contributed by atoms with Crippen molar-refractivity contribution in [3.63, 3.8) is 0 Å². The molecule has 2 fully saturated rings. The molecular weight excluding hydrogens is 367 g/mol. The van der Waals surface area contributed by atoms with Crippen LogP contribution in [0, 0.1) is 11.7 Å². The zero-order chi connectivity index (χ0) is 19.8. The van der Waals surface area contributed by atoms with E-state index >= 15 is 0 Å². The maximum atomic E-state index is 13.4. The average Bonchev–Trinajstić information content (AvgIpc) is 3.53. The number of carbonyl (C=O) groups is 1. The van der Waals surface area contributed by atoms with Crippen LogP contribution in [0.3, 0.4) is 0 Å². The minimum Gasteiger partial charge on any atom is -0.342 e. The van der Waals surface area contributed by atoms with Gasteiger partial charge in [0.25, 0.3) is 0 Å². The quantitative estimate of drug-likeness (QED) is 0.718. The molecule has 2 aliphatic rings. The Balaban J connectivity index is 1.47. The number of amides is 1. The number of piperidine rings is 1. The highest BCUT2D eigenvalue weighted by molar-refractivity contribution is 5.83. The van der Waals surface area contributed by atoms with Gasteiger partial charge in [0, 0.05) is 54.1 Å². The van der Waals surface area contributed by atoms with E-state index in [1.165, 1.54) is 12.1 Å². The van der Waals surface area contributed by atoms with Gasteiger partial charge < -0.3 is 4.90 Å². The number of aromatic amines is 1. The van der Waals surface area contributed by atoms with E-state index < -0.39 is 0 Å². The molecule has 3 heterocycles. The molecule has 2 aromatic heterocycles. The Hall–Kier alpha value is -3.02. The van der Waals surface area contributed by atoms with Gasteiger partial charge in [-0.25, -0.2) is 4.39 Å². The van der Waals surface area contributed by atoms with Crippen LogP contribution in [0.5, 0.6) is 0 Å². The lowest BCUT2D eigenvalue weighted by molar-refractivity contribution is -0.133. The smallest absolute Gasteiger partial charge is 0.225 e. The minimum atomic E-state index is -0.261. The highest BCUT2D eigenvalue weighted by atomic mass is 19.1. The van der Waals surface area contributed by atoms with E-state index in [-0.39, 0.29) is 11.7 Å². The van der Waals surface area contributed by atoms with Crippen molar-refractivity contribution in [1.82, 2.24) is 20.1 Å². The van der Waals surface area contributed by atoms with Crippen molar-refractivity contribution in [2.45, 2.75) is 31.6 Å². The Labute approximate surface area is 169 Å². The largest absolute Gasteiger partial charge is 0.342 e. The Bertz CT molecular complexity index is 1000. The fraction of sp³-hybridized carbons (Fsp3) is 0.348. The minimum absolute atomic E-state index is 0.261. The number of hydrogen-bond acceptors (Lipinski definition) is 3. The Kier molecular flexibility index (Phi) is 4.62. The van der Waals surface area contributed by atoms with Crippen molar-refractivity contribution in [2.75, 3.05) is 13.1 Å². The molecule has 1 N–H and O–H groups in total. The molecule has 5 nitrogen and oxygen atoms in total. The molecular formula is C23H23FN4O. The summed E-state index contributed by atoms with van der Waals surface area (Å²) in [6, 6.07) is 10.4. The van der Waals surface area contributed by atoms with Crippen molar-refractivity contribution in [3.8, 4) is 22.4 Å². The molecule has 3 aromatic rings. The molecule has 1 aromatic carbocycles. The number of hydrogen-bond donors (Lipinski definition) is 1. The predicted molar refractivity (Wildman–Crippen MR) is 108 cm³/mol. The lowest BCUT2D eigenvalue weighted by Gasteiger charge is -2.32. The second kappa shape index (κ2) is 7.43. The summed E-state index contributed by atoms with van der Waals surface area (Å²) in [6.45, 7) is 1.58. The summed E-state index contributed by atoms with van der Waals surface area (Å²) in [5.41, 5.74) is 4.88. The summed E-state index contributed by atoms with van der Waals surface area (Å²) in [5.74, 6) is 0.649. The third-order valence-electron chi connectivity index (χ3n) is 6.02. The number of halogens is 1. The zero-order valence-electron chi connectivity index (χ0n) is 16.1. The molecule has 1 saturated heterocycles. The van der Waals surface area contributed by atoms with E-state index in [9.17, 15) is 9.18 Å². The lowest BCUT2D eigenvalue weighted by Crippen LogP contribution is -2.38. The van der Waals surface area contributed by atoms with Gasteiger partial charge in [0.1, 0.15) is 11.5 Å². The molecule has 6 heteroatoms. The molecule has 1 aliphatic heterocycles. The van der Waals surface area contributed by atoms with Gasteiger partial charge >= 0.3 is 0 Å². The monoisotopic (exact) mass is 390 g/mol. The number of benzene rings is 1. The molecule has 0 bridgehead atoms. The highest BCUT2D eigenvalue weighted by Crippen LogP contribution is 2.40. The number of carbonyl (C=O) groups excluding carboxylic acids is 1. The van der Waals surface area contributed by atoms with Crippen molar-refractivity contribution in [2.24, 2.45) is 5.92 Å². The van der Waals surface area contributed by atoms with Gasteiger partial charge in [-0.3, -0.25) is 14.9 Å². The molecule has 1 amide bonds. The van der Waals surface area contributed by atoms with Crippen molar-refractivity contribution in [3.05, 3.63) is 60.3 Å². The van der Waals surface area contributed by atoms with Crippen LogP contribution in [0.25, 0.3) is 22.4 Å². The second-order valence-corrected chi connectivity index (χ2v) is 7.98. The Morgan fingerprint density at radius 1 is 0.966 bits per heavy atom. The first kappa shape index (κ1) is 18.0. The standard InChI is InChI=1S/C23H23FN4O/c24-19-5-3-16(4-6-19)21-20(15-7-11-25-12-8-15)22(27-26-21)17-9-13-28(14-10-17)23(29)18-1-2-18/h3-8,11-12,17-18H,1-2,9-10,13-14H2,(H,26,27). The van der Waals surface area contributed by atoms with Crippen LogP contribution in [0.2, 0.25) is 0 Å². The second-order valence-electron chi connectivity index (χ2n) is 7.98. The number of H-pyrrole nitrogens is 1. The van der Waals surface area contributed by atoms with Gasteiger partial charge in [0.05, 0.1) is 0 Å². The highest BCUT2D eigenvalue weighted by Gasteiger charge is 2.36.